The van der Waals surface area contributed by atoms with E-state index in [9.17, 15) is 22.8 Å². The number of nitrogens with zero attached hydrogens (tertiary/aromatic N) is 1. The van der Waals surface area contributed by atoms with Crippen LogP contribution in [0.15, 0.2) is 48.5 Å². The van der Waals surface area contributed by atoms with Crippen LogP contribution in [0.4, 0.5) is 24.5 Å². The van der Waals surface area contributed by atoms with E-state index in [1.54, 1.807) is 29.2 Å². The molecule has 0 atom stereocenters. The van der Waals surface area contributed by atoms with Gasteiger partial charge in [-0.15, -0.1) is 0 Å². The maximum Gasteiger partial charge on any atom is 0.417 e. The molecule has 0 radical (unpaired) electrons. The average molecular weight is 362 g/mol. The summed E-state index contributed by atoms with van der Waals surface area (Å²) in [7, 11) is 0. The Bertz CT molecular complexity index is 834. The molecule has 7 heteroatoms. The summed E-state index contributed by atoms with van der Waals surface area (Å²) in [6, 6.07) is 11.2. The predicted molar refractivity (Wildman–Crippen MR) is 92.0 cm³/mol. The van der Waals surface area contributed by atoms with Gasteiger partial charge in [-0.2, -0.15) is 13.2 Å². The second-order valence-corrected chi connectivity index (χ2v) is 6.05. The van der Waals surface area contributed by atoms with Gasteiger partial charge in [-0.25, -0.2) is 0 Å². The maximum absolute atomic E-state index is 13.1. The van der Waals surface area contributed by atoms with Crippen molar-refractivity contribution in [1.29, 1.82) is 0 Å². The van der Waals surface area contributed by atoms with E-state index in [1.165, 1.54) is 12.1 Å². The fourth-order valence-corrected chi connectivity index (χ4v) is 2.96. The molecule has 1 aliphatic rings. The Morgan fingerprint density at radius 1 is 1.04 bits per heavy atom. The lowest BCUT2D eigenvalue weighted by Crippen LogP contribution is -2.35. The quantitative estimate of drug-likeness (QED) is 0.876. The number of piperidine rings is 1. The highest BCUT2D eigenvalue weighted by molar-refractivity contribution is 6.06. The molecule has 0 aromatic heterocycles. The first-order valence-corrected chi connectivity index (χ1v) is 8.24. The summed E-state index contributed by atoms with van der Waals surface area (Å²) >= 11 is 0. The Kier molecular flexibility index (Phi) is 4.97. The predicted octanol–water partition coefficient (Wildman–Crippen LogP) is 4.47. The number of amides is 2. The minimum absolute atomic E-state index is 0.00198. The van der Waals surface area contributed by atoms with Crippen LogP contribution in [0.3, 0.4) is 0 Å². The second-order valence-electron chi connectivity index (χ2n) is 6.05. The molecule has 3 rings (SSSR count). The van der Waals surface area contributed by atoms with E-state index in [0.29, 0.717) is 24.3 Å². The van der Waals surface area contributed by atoms with Gasteiger partial charge in [0.15, 0.2) is 0 Å². The number of benzene rings is 2. The fourth-order valence-electron chi connectivity index (χ4n) is 2.96. The van der Waals surface area contributed by atoms with Crippen molar-refractivity contribution in [2.24, 2.45) is 0 Å². The van der Waals surface area contributed by atoms with Gasteiger partial charge in [0.25, 0.3) is 5.91 Å². The van der Waals surface area contributed by atoms with Crippen molar-refractivity contribution >= 4 is 23.2 Å². The first-order chi connectivity index (χ1) is 12.4. The van der Waals surface area contributed by atoms with Crippen LogP contribution in [0.5, 0.6) is 0 Å². The number of alkyl halides is 3. The maximum atomic E-state index is 13.1. The molecular weight excluding hydrogens is 345 g/mol. The Morgan fingerprint density at radius 2 is 1.81 bits per heavy atom. The van der Waals surface area contributed by atoms with Crippen molar-refractivity contribution in [2.75, 3.05) is 16.8 Å². The molecule has 1 heterocycles. The van der Waals surface area contributed by atoms with E-state index in [2.05, 4.69) is 5.32 Å². The number of halogens is 3. The van der Waals surface area contributed by atoms with Crippen molar-refractivity contribution in [2.45, 2.75) is 25.4 Å². The van der Waals surface area contributed by atoms with E-state index in [0.717, 1.165) is 25.0 Å². The highest BCUT2D eigenvalue weighted by Gasteiger charge is 2.34. The number of carbonyl (C=O) groups excluding carboxylic acids is 2. The van der Waals surface area contributed by atoms with Gasteiger partial charge in [0, 0.05) is 24.3 Å². The molecule has 1 saturated heterocycles. The Balaban J connectivity index is 1.83. The third-order valence-corrected chi connectivity index (χ3v) is 4.22. The molecule has 0 aliphatic carbocycles. The largest absolute Gasteiger partial charge is 0.417 e. The monoisotopic (exact) mass is 362 g/mol. The summed E-state index contributed by atoms with van der Waals surface area (Å²) in [5.74, 6) is -0.845. The molecule has 0 unspecified atom stereocenters. The summed E-state index contributed by atoms with van der Waals surface area (Å²) in [6.45, 7) is 0.590. The van der Waals surface area contributed by atoms with E-state index < -0.39 is 23.2 Å². The zero-order valence-corrected chi connectivity index (χ0v) is 13.8. The summed E-state index contributed by atoms with van der Waals surface area (Å²) in [5, 5.41) is 2.49. The third kappa shape index (κ3) is 3.87. The van der Waals surface area contributed by atoms with Crippen LogP contribution in [0.2, 0.25) is 0 Å². The van der Waals surface area contributed by atoms with Gasteiger partial charge in [-0.3, -0.25) is 9.59 Å². The fraction of sp³-hybridized carbons (Fsp3) is 0.263. The minimum atomic E-state index is -4.62. The van der Waals surface area contributed by atoms with Gasteiger partial charge in [0.05, 0.1) is 11.1 Å². The number of hydrogen-bond acceptors (Lipinski definition) is 2. The van der Waals surface area contributed by atoms with Crippen LogP contribution in [0, 0.1) is 0 Å². The van der Waals surface area contributed by atoms with E-state index in [4.69, 9.17) is 0 Å². The molecule has 2 aromatic rings. The van der Waals surface area contributed by atoms with E-state index in [1.807, 2.05) is 0 Å². The second kappa shape index (κ2) is 7.19. The van der Waals surface area contributed by atoms with Gasteiger partial charge in [0.1, 0.15) is 0 Å². The van der Waals surface area contributed by atoms with Gasteiger partial charge in [-0.1, -0.05) is 18.2 Å². The zero-order valence-electron chi connectivity index (χ0n) is 13.8. The van der Waals surface area contributed by atoms with Gasteiger partial charge >= 0.3 is 6.18 Å². The summed E-state index contributed by atoms with van der Waals surface area (Å²) in [6.07, 6.45) is -2.41. The van der Waals surface area contributed by atoms with Crippen LogP contribution in [-0.2, 0) is 11.0 Å². The summed E-state index contributed by atoms with van der Waals surface area (Å²) < 4.78 is 39.2. The van der Waals surface area contributed by atoms with Crippen LogP contribution in [0.1, 0.15) is 35.2 Å². The summed E-state index contributed by atoms with van der Waals surface area (Å²) in [4.78, 5) is 26.0. The zero-order chi connectivity index (χ0) is 18.7. The lowest BCUT2D eigenvalue weighted by Gasteiger charge is -2.27. The average Bonchev–Trinajstić information content (AvgIpc) is 2.61. The highest BCUT2D eigenvalue weighted by atomic mass is 19.4. The molecule has 0 saturated carbocycles. The number of anilines is 2. The number of hydrogen-bond donors (Lipinski definition) is 1. The van der Waals surface area contributed by atoms with Crippen molar-refractivity contribution in [1.82, 2.24) is 0 Å². The highest BCUT2D eigenvalue weighted by Crippen LogP contribution is 2.32. The molecule has 1 N–H and O–H groups in total. The van der Waals surface area contributed by atoms with Crippen molar-refractivity contribution in [3.63, 3.8) is 0 Å². The number of nitrogens with one attached hydrogen (secondary N) is 1. The summed E-state index contributed by atoms with van der Waals surface area (Å²) in [5.41, 5.74) is -0.473. The first kappa shape index (κ1) is 18.0. The Hall–Kier alpha value is -2.83. The molecule has 0 bridgehead atoms. The van der Waals surface area contributed by atoms with Crippen molar-refractivity contribution < 1.29 is 22.8 Å². The topological polar surface area (TPSA) is 49.4 Å². The smallest absolute Gasteiger partial charge is 0.322 e. The molecule has 0 spiro atoms. The number of carbonyl (C=O) groups is 2. The van der Waals surface area contributed by atoms with Crippen LogP contribution >= 0.6 is 0 Å². The molecule has 136 valence electrons. The minimum Gasteiger partial charge on any atom is -0.322 e. The standard InChI is InChI=1S/C19H17F3N2O2/c20-19(21,22)16-9-2-1-8-15(16)18(26)23-13-6-5-7-14(12-13)24-11-4-3-10-17(24)25/h1-2,5-9,12H,3-4,10-11H2,(H,23,26). The Morgan fingerprint density at radius 3 is 2.54 bits per heavy atom. The Labute approximate surface area is 148 Å². The molecule has 1 fully saturated rings. The lowest BCUT2D eigenvalue weighted by atomic mass is 10.1. The molecule has 4 nitrogen and oxygen atoms in total. The molecule has 2 aromatic carbocycles. The molecule has 26 heavy (non-hydrogen) atoms. The molecule has 1 aliphatic heterocycles. The van der Waals surface area contributed by atoms with E-state index in [-0.39, 0.29) is 5.91 Å². The van der Waals surface area contributed by atoms with Crippen molar-refractivity contribution in [3.05, 3.63) is 59.7 Å². The normalized spacial score (nSPS) is 15.0. The first-order valence-electron chi connectivity index (χ1n) is 8.24. The van der Waals surface area contributed by atoms with Gasteiger partial charge in [-0.05, 0) is 43.2 Å². The SMILES string of the molecule is O=C(Nc1cccc(N2CCCCC2=O)c1)c1ccccc1C(F)(F)F. The lowest BCUT2D eigenvalue weighted by molar-refractivity contribution is -0.137. The van der Waals surface area contributed by atoms with Crippen LogP contribution in [0.25, 0.3) is 0 Å². The van der Waals surface area contributed by atoms with Gasteiger partial charge < -0.3 is 10.2 Å². The van der Waals surface area contributed by atoms with Crippen molar-refractivity contribution in [3.8, 4) is 0 Å². The molecular formula is C19H17F3N2O2. The molecule has 2 amide bonds. The third-order valence-electron chi connectivity index (χ3n) is 4.22. The number of rotatable bonds is 3. The van der Waals surface area contributed by atoms with Gasteiger partial charge in [0.2, 0.25) is 5.91 Å². The van der Waals surface area contributed by atoms with Crippen LogP contribution in [-0.4, -0.2) is 18.4 Å². The van der Waals surface area contributed by atoms with E-state index >= 15 is 0 Å². The van der Waals surface area contributed by atoms with Crippen LogP contribution < -0.4 is 10.2 Å².